The number of nitrogens with two attached hydrogens (primary N) is 2. The Kier molecular flexibility index (Phi) is 8.32. The average Bonchev–Trinajstić information content (AvgIpc) is 2.66. The predicted octanol–water partition coefficient (Wildman–Crippen LogP) is -0.0875. The maximum Gasteiger partial charge on any atom is 0.351 e. The van der Waals surface area contributed by atoms with Crippen LogP contribution in [0.1, 0.15) is 33.0 Å². The molecule has 11 heteroatoms. The second-order valence-corrected chi connectivity index (χ2v) is 5.67. The minimum absolute atomic E-state index is 0.0583. The number of rotatable bonds is 10. The first-order chi connectivity index (χ1) is 12.7. The minimum atomic E-state index is -2.22. The minimum Gasteiger partial charge on any atom is -0.462 e. The number of methoxy groups -OCH3 is 1. The topological polar surface area (TPSA) is 149 Å². The molecule has 0 spiro atoms. The molecule has 0 saturated heterocycles. The molecule has 1 rings (SSSR count). The first kappa shape index (κ1) is 22.5. The van der Waals surface area contributed by atoms with Crippen LogP contribution in [0.2, 0.25) is 0 Å². The van der Waals surface area contributed by atoms with E-state index in [-0.39, 0.29) is 25.2 Å². The van der Waals surface area contributed by atoms with Crippen LogP contribution in [0.25, 0.3) is 0 Å². The van der Waals surface area contributed by atoms with Gasteiger partial charge in [0.1, 0.15) is 12.4 Å². The number of anilines is 1. The van der Waals surface area contributed by atoms with Crippen LogP contribution >= 0.6 is 0 Å². The molecule has 1 heterocycles. The molecular formula is C16H25FN4O6. The van der Waals surface area contributed by atoms with E-state index in [0.717, 1.165) is 6.20 Å². The van der Waals surface area contributed by atoms with Crippen molar-refractivity contribution < 1.29 is 28.2 Å². The summed E-state index contributed by atoms with van der Waals surface area (Å²) in [6, 6.07) is 1.21. The second-order valence-electron chi connectivity index (χ2n) is 5.67. The van der Waals surface area contributed by atoms with Crippen molar-refractivity contribution in [2.75, 3.05) is 26.0 Å². The quantitative estimate of drug-likeness (QED) is 0.524. The Morgan fingerprint density at radius 1 is 1.33 bits per heavy atom. The van der Waals surface area contributed by atoms with E-state index < -0.39 is 42.2 Å². The molecule has 0 aliphatic heterocycles. The first-order valence-electron chi connectivity index (χ1n) is 8.33. The number of ether oxygens (including phenoxy) is 3. The SMILES string of the molecule is CCC(=O)OC[C@@](CN)(OC)[C@@H](OC(=O)CC)[C@@H](F)n1ccc(N)nc1=O. The number of nitrogens with zero attached hydrogens (tertiary/aromatic N) is 2. The van der Waals surface area contributed by atoms with Crippen molar-refractivity contribution in [3.63, 3.8) is 0 Å². The fourth-order valence-corrected chi connectivity index (χ4v) is 2.22. The Hall–Kier alpha value is -2.53. The molecule has 0 aliphatic carbocycles. The van der Waals surface area contributed by atoms with Crippen LogP contribution in [-0.4, -0.2) is 53.5 Å². The Balaban J connectivity index is 3.35. The molecule has 0 aromatic carbocycles. The van der Waals surface area contributed by atoms with Crippen LogP contribution in [0.3, 0.4) is 0 Å². The molecule has 4 N–H and O–H groups in total. The van der Waals surface area contributed by atoms with Crippen LogP contribution in [-0.2, 0) is 23.8 Å². The largest absolute Gasteiger partial charge is 0.462 e. The lowest BCUT2D eigenvalue weighted by atomic mass is 9.95. The summed E-state index contributed by atoms with van der Waals surface area (Å²) in [5, 5.41) is 0. The first-order valence-corrected chi connectivity index (χ1v) is 8.33. The van der Waals surface area contributed by atoms with E-state index in [0.29, 0.717) is 4.57 Å². The van der Waals surface area contributed by atoms with Crippen LogP contribution in [0.15, 0.2) is 17.1 Å². The number of hydrogen-bond acceptors (Lipinski definition) is 9. The highest BCUT2D eigenvalue weighted by atomic mass is 19.1. The van der Waals surface area contributed by atoms with E-state index in [1.807, 2.05) is 0 Å². The summed E-state index contributed by atoms with van der Waals surface area (Å²) in [7, 11) is 1.20. The van der Waals surface area contributed by atoms with Gasteiger partial charge in [0, 0.05) is 32.7 Å². The van der Waals surface area contributed by atoms with E-state index in [9.17, 15) is 14.4 Å². The predicted molar refractivity (Wildman–Crippen MR) is 93.3 cm³/mol. The van der Waals surface area contributed by atoms with Gasteiger partial charge in [0.2, 0.25) is 6.30 Å². The van der Waals surface area contributed by atoms with Gasteiger partial charge in [0.05, 0.1) is 0 Å². The van der Waals surface area contributed by atoms with E-state index in [1.54, 1.807) is 6.92 Å². The molecule has 27 heavy (non-hydrogen) atoms. The Morgan fingerprint density at radius 2 is 1.96 bits per heavy atom. The molecule has 0 aliphatic rings. The van der Waals surface area contributed by atoms with Crippen LogP contribution in [0.5, 0.6) is 0 Å². The molecule has 1 aromatic heterocycles. The fourth-order valence-electron chi connectivity index (χ4n) is 2.22. The van der Waals surface area contributed by atoms with Gasteiger partial charge in [-0.15, -0.1) is 0 Å². The van der Waals surface area contributed by atoms with Gasteiger partial charge in [-0.05, 0) is 6.07 Å². The van der Waals surface area contributed by atoms with Crippen molar-refractivity contribution in [2.45, 2.75) is 44.7 Å². The lowest BCUT2D eigenvalue weighted by molar-refractivity contribution is -0.199. The molecule has 0 fully saturated rings. The van der Waals surface area contributed by atoms with Crippen molar-refractivity contribution in [3.8, 4) is 0 Å². The molecule has 0 saturated carbocycles. The lowest BCUT2D eigenvalue weighted by Crippen LogP contribution is -2.58. The van der Waals surface area contributed by atoms with Gasteiger partial charge in [0.15, 0.2) is 11.7 Å². The van der Waals surface area contributed by atoms with Gasteiger partial charge >= 0.3 is 17.6 Å². The third kappa shape index (κ3) is 5.47. The van der Waals surface area contributed by atoms with Crippen molar-refractivity contribution in [2.24, 2.45) is 5.73 Å². The molecule has 1 aromatic rings. The number of aromatic nitrogens is 2. The zero-order valence-corrected chi connectivity index (χ0v) is 15.5. The van der Waals surface area contributed by atoms with Crippen LogP contribution in [0.4, 0.5) is 10.2 Å². The lowest BCUT2D eigenvalue weighted by Gasteiger charge is -2.38. The van der Waals surface area contributed by atoms with Crippen LogP contribution < -0.4 is 17.2 Å². The van der Waals surface area contributed by atoms with Gasteiger partial charge in [-0.2, -0.15) is 4.98 Å². The summed E-state index contributed by atoms with van der Waals surface area (Å²) < 4.78 is 31.4. The molecule has 0 amide bonds. The zero-order chi connectivity index (χ0) is 20.6. The number of carbonyl (C=O) groups is 2. The van der Waals surface area contributed by atoms with Gasteiger partial charge in [0.25, 0.3) is 0 Å². The number of carbonyl (C=O) groups excluding carboxylic acids is 2. The molecule has 152 valence electrons. The van der Waals surface area contributed by atoms with Gasteiger partial charge in [-0.3, -0.25) is 14.2 Å². The highest BCUT2D eigenvalue weighted by molar-refractivity contribution is 5.69. The number of alkyl halides is 1. The Labute approximate surface area is 155 Å². The van der Waals surface area contributed by atoms with Crippen molar-refractivity contribution >= 4 is 17.8 Å². The van der Waals surface area contributed by atoms with Gasteiger partial charge < -0.3 is 25.7 Å². The fraction of sp³-hybridized carbons (Fsp3) is 0.625. The highest BCUT2D eigenvalue weighted by Gasteiger charge is 2.48. The normalized spacial score (nSPS) is 15.4. The summed E-state index contributed by atoms with van der Waals surface area (Å²) in [6.07, 6.45) is -2.82. The Bertz CT molecular complexity index is 706. The zero-order valence-electron chi connectivity index (χ0n) is 15.5. The molecule has 10 nitrogen and oxygen atoms in total. The molecule has 3 atom stereocenters. The van der Waals surface area contributed by atoms with E-state index >= 15 is 4.39 Å². The summed E-state index contributed by atoms with van der Waals surface area (Å²) in [5.41, 5.74) is 8.43. The number of nitrogen functional groups attached to an aromatic ring is 1. The molecule has 0 radical (unpaired) electrons. The molecular weight excluding hydrogens is 363 g/mol. The van der Waals surface area contributed by atoms with Crippen LogP contribution in [0, 0.1) is 0 Å². The summed E-state index contributed by atoms with van der Waals surface area (Å²) in [6.45, 7) is 2.24. The highest BCUT2D eigenvalue weighted by Crippen LogP contribution is 2.29. The number of esters is 2. The summed E-state index contributed by atoms with van der Waals surface area (Å²) >= 11 is 0. The Morgan fingerprint density at radius 3 is 2.44 bits per heavy atom. The third-order valence-electron chi connectivity index (χ3n) is 3.95. The van der Waals surface area contributed by atoms with Crippen molar-refractivity contribution in [1.29, 1.82) is 0 Å². The van der Waals surface area contributed by atoms with Gasteiger partial charge in [-0.25, -0.2) is 9.18 Å². The van der Waals surface area contributed by atoms with E-state index in [1.165, 1.54) is 20.1 Å². The smallest absolute Gasteiger partial charge is 0.351 e. The summed E-state index contributed by atoms with van der Waals surface area (Å²) in [5.74, 6) is -1.43. The second kappa shape index (κ2) is 9.97. The molecule has 0 bridgehead atoms. The van der Waals surface area contributed by atoms with E-state index in [4.69, 9.17) is 25.7 Å². The summed E-state index contributed by atoms with van der Waals surface area (Å²) in [4.78, 5) is 38.8. The standard InChI is InChI=1S/C16H25FN4O6/c1-4-11(22)26-9-16(8-18,25-3)13(27-12(23)5-2)14(17)21-7-6-10(19)20-15(21)24/h6-7,13-14H,4-5,8-9,18H2,1-3H3,(H2,19,20,24)/t13-,14-,16+/m0/s1. The average molecular weight is 388 g/mol. The number of halogens is 1. The third-order valence-corrected chi connectivity index (χ3v) is 3.95. The van der Waals surface area contributed by atoms with Gasteiger partial charge in [-0.1, -0.05) is 13.8 Å². The number of hydrogen-bond donors (Lipinski definition) is 2. The molecule has 0 unspecified atom stereocenters. The van der Waals surface area contributed by atoms with E-state index in [2.05, 4.69) is 4.98 Å². The monoisotopic (exact) mass is 388 g/mol. The van der Waals surface area contributed by atoms with Crippen molar-refractivity contribution in [3.05, 3.63) is 22.7 Å². The maximum absolute atomic E-state index is 15.3. The maximum atomic E-state index is 15.3. The van der Waals surface area contributed by atoms with Crippen molar-refractivity contribution in [1.82, 2.24) is 9.55 Å².